The average Bonchev–Trinajstić information content (AvgIpc) is 3.16. The lowest BCUT2D eigenvalue weighted by atomic mass is 9.78. The first kappa shape index (κ1) is 24.0. The number of hydrogen-bond acceptors (Lipinski definition) is 6. The van der Waals surface area contributed by atoms with E-state index in [0.29, 0.717) is 36.9 Å². The molecule has 0 N–H and O–H groups in total. The zero-order valence-electron chi connectivity index (χ0n) is 19.1. The van der Waals surface area contributed by atoms with Gasteiger partial charge >= 0.3 is 11.9 Å². The second-order valence-corrected chi connectivity index (χ2v) is 10.8. The first-order valence-corrected chi connectivity index (χ1v) is 12.9. The monoisotopic (exact) mass is 483 g/mol. The fourth-order valence-corrected chi connectivity index (χ4v) is 6.23. The van der Waals surface area contributed by atoms with Gasteiger partial charge in [-0.2, -0.15) is 0 Å². The van der Waals surface area contributed by atoms with E-state index in [-0.39, 0.29) is 43.0 Å². The third-order valence-electron chi connectivity index (χ3n) is 6.32. The Labute approximate surface area is 200 Å². The summed E-state index contributed by atoms with van der Waals surface area (Å²) in [6, 6.07) is 15.5. The molecule has 0 aromatic heterocycles. The second-order valence-electron chi connectivity index (χ2n) is 8.93. The van der Waals surface area contributed by atoms with Crippen molar-refractivity contribution in [2.24, 2.45) is 0 Å². The van der Waals surface area contributed by atoms with E-state index in [4.69, 9.17) is 9.47 Å². The fraction of sp³-hybridized carbons (Fsp3) is 0.385. The first-order chi connectivity index (χ1) is 16.3. The third kappa shape index (κ3) is 5.01. The van der Waals surface area contributed by atoms with E-state index in [0.717, 1.165) is 12.0 Å². The van der Waals surface area contributed by atoms with Crippen molar-refractivity contribution < 1.29 is 27.5 Å². The number of carbonyl (C=O) groups is 2. The van der Waals surface area contributed by atoms with Crippen LogP contribution in [-0.4, -0.2) is 40.1 Å². The normalized spacial score (nSPS) is 22.6. The zero-order chi connectivity index (χ0) is 24.2. The molecule has 180 valence electrons. The number of fused-ring (bicyclic) bond motifs is 2. The Hall–Kier alpha value is -3.13. The van der Waals surface area contributed by atoms with Crippen molar-refractivity contribution >= 4 is 27.6 Å². The lowest BCUT2D eigenvalue weighted by Crippen LogP contribution is -2.41. The molecule has 1 saturated heterocycles. The smallest absolute Gasteiger partial charge is 0.306 e. The highest BCUT2D eigenvalue weighted by molar-refractivity contribution is 7.92. The van der Waals surface area contributed by atoms with E-state index in [1.165, 1.54) is 4.31 Å². The van der Waals surface area contributed by atoms with Gasteiger partial charge in [0, 0.05) is 19.4 Å². The van der Waals surface area contributed by atoms with Gasteiger partial charge in [0.15, 0.2) is 0 Å². The van der Waals surface area contributed by atoms with E-state index in [2.05, 4.69) is 6.58 Å². The molecule has 0 aliphatic carbocycles. The van der Waals surface area contributed by atoms with Gasteiger partial charge < -0.3 is 9.47 Å². The highest BCUT2D eigenvalue weighted by Gasteiger charge is 2.48. The minimum atomic E-state index is -3.85. The number of cyclic esters (lactones) is 2. The summed E-state index contributed by atoms with van der Waals surface area (Å²) < 4.78 is 39.7. The van der Waals surface area contributed by atoms with Crippen molar-refractivity contribution in [2.45, 2.75) is 48.8 Å². The van der Waals surface area contributed by atoms with Crippen molar-refractivity contribution in [3.05, 3.63) is 72.3 Å². The highest BCUT2D eigenvalue weighted by atomic mass is 32.2. The lowest BCUT2D eigenvalue weighted by molar-refractivity contribution is -0.145. The number of carbonyl (C=O) groups excluding carboxylic acids is 2. The van der Waals surface area contributed by atoms with Gasteiger partial charge in [-0.05, 0) is 48.6 Å². The summed E-state index contributed by atoms with van der Waals surface area (Å²) in [6.07, 6.45) is 2.85. The van der Waals surface area contributed by atoms with Gasteiger partial charge in [-0.1, -0.05) is 49.4 Å². The molecule has 0 saturated carbocycles. The molecular weight excluding hydrogens is 454 g/mol. The molecular formula is C26H29NO6S. The van der Waals surface area contributed by atoms with Crippen molar-refractivity contribution in [1.29, 1.82) is 0 Å². The molecule has 1 spiro atoms. The van der Waals surface area contributed by atoms with Crippen LogP contribution in [0.2, 0.25) is 0 Å². The lowest BCUT2D eigenvalue weighted by Gasteiger charge is -2.31. The summed E-state index contributed by atoms with van der Waals surface area (Å²) in [5.74, 6) is -0.624. The van der Waals surface area contributed by atoms with E-state index in [1.807, 2.05) is 12.1 Å². The van der Waals surface area contributed by atoms with Gasteiger partial charge in [-0.3, -0.25) is 13.9 Å². The van der Waals surface area contributed by atoms with Crippen LogP contribution in [0.4, 0.5) is 5.69 Å². The molecule has 34 heavy (non-hydrogen) atoms. The second kappa shape index (κ2) is 10.0. The Balaban J connectivity index is 1.72. The van der Waals surface area contributed by atoms with E-state index >= 15 is 0 Å². The molecule has 1 fully saturated rings. The van der Waals surface area contributed by atoms with Gasteiger partial charge in [0.25, 0.3) is 10.0 Å². The summed E-state index contributed by atoms with van der Waals surface area (Å²) in [4.78, 5) is 24.7. The number of sulfonamides is 1. The molecule has 1 atom stereocenters. The fourth-order valence-electron chi connectivity index (χ4n) is 4.64. The minimum absolute atomic E-state index is 0.0105. The maximum absolute atomic E-state index is 13.6. The third-order valence-corrected chi connectivity index (χ3v) is 8.09. The topological polar surface area (TPSA) is 90.0 Å². The molecule has 2 aromatic rings. The van der Waals surface area contributed by atoms with Crippen LogP contribution in [0.3, 0.4) is 0 Å². The van der Waals surface area contributed by atoms with Gasteiger partial charge in [-0.15, -0.1) is 0 Å². The van der Waals surface area contributed by atoms with Crippen LogP contribution in [0.5, 0.6) is 0 Å². The van der Waals surface area contributed by atoms with Gasteiger partial charge in [0.05, 0.1) is 16.0 Å². The molecule has 8 heteroatoms. The first-order valence-electron chi connectivity index (χ1n) is 11.5. The van der Waals surface area contributed by atoms with E-state index in [9.17, 15) is 18.0 Å². The average molecular weight is 484 g/mol. The molecule has 4 rings (SSSR count). The van der Waals surface area contributed by atoms with Crippen molar-refractivity contribution in [1.82, 2.24) is 0 Å². The molecule has 2 aromatic carbocycles. The number of anilines is 1. The summed E-state index contributed by atoms with van der Waals surface area (Å²) in [5.41, 5.74) is 1.10. The molecule has 2 aliphatic rings. The molecule has 7 nitrogen and oxygen atoms in total. The van der Waals surface area contributed by atoms with Crippen LogP contribution in [0.1, 0.15) is 44.1 Å². The number of hydrogen-bond donors (Lipinski definition) is 0. The largest absolute Gasteiger partial charge is 0.465 e. The van der Waals surface area contributed by atoms with Crippen molar-refractivity contribution in [3.8, 4) is 0 Å². The minimum Gasteiger partial charge on any atom is -0.465 e. The summed E-state index contributed by atoms with van der Waals surface area (Å²) in [6.45, 7) is 4.23. The zero-order valence-corrected chi connectivity index (χ0v) is 19.9. The summed E-state index contributed by atoms with van der Waals surface area (Å²) >= 11 is 0. The Morgan fingerprint density at radius 2 is 1.50 bits per heavy atom. The quantitative estimate of drug-likeness (QED) is 0.471. The molecule has 2 aliphatic heterocycles. The summed E-state index contributed by atoms with van der Waals surface area (Å²) in [7, 11) is -3.85. The Morgan fingerprint density at radius 1 is 0.853 bits per heavy atom. The van der Waals surface area contributed by atoms with E-state index < -0.39 is 15.4 Å². The number of nitrogens with zero attached hydrogens (tertiary/aromatic N) is 1. The molecule has 0 amide bonds. The van der Waals surface area contributed by atoms with Crippen LogP contribution < -0.4 is 4.31 Å². The van der Waals surface area contributed by atoms with Gasteiger partial charge in [0.2, 0.25) is 0 Å². The number of para-hydroxylation sites is 1. The maximum Gasteiger partial charge on any atom is 0.306 e. The van der Waals surface area contributed by atoms with Gasteiger partial charge in [0.1, 0.15) is 13.2 Å². The molecule has 2 heterocycles. The predicted octanol–water partition coefficient (Wildman–Crippen LogP) is 4.13. The number of rotatable bonds is 2. The number of benzene rings is 2. The Kier molecular flexibility index (Phi) is 7.07. The standard InChI is InChI=1S/C26H29NO6S/c1-20-16-26(19-33-25(29)15-7-3-6-14-24(28)32-17-20)18-27(23-13-9-8-12-22(23)26)34(30,31)21-10-4-2-5-11-21/h2,4-5,8-13H,1,3,6-7,14-19H2. The van der Waals surface area contributed by atoms with Crippen LogP contribution in [-0.2, 0) is 34.5 Å². The van der Waals surface area contributed by atoms with E-state index in [1.54, 1.807) is 42.5 Å². The SMILES string of the molecule is C=C1COC(=O)CCCCCC(=O)OCC2(C1)CN(S(=O)(=O)c1ccccc1)c1ccccc12. The highest BCUT2D eigenvalue weighted by Crippen LogP contribution is 2.46. The van der Waals surface area contributed by atoms with Crippen LogP contribution in [0, 0.1) is 0 Å². The number of ether oxygens (including phenoxy) is 2. The van der Waals surface area contributed by atoms with Crippen molar-refractivity contribution in [3.63, 3.8) is 0 Å². The Morgan fingerprint density at radius 3 is 2.24 bits per heavy atom. The van der Waals surface area contributed by atoms with Crippen molar-refractivity contribution in [2.75, 3.05) is 24.1 Å². The number of esters is 2. The molecule has 0 radical (unpaired) electrons. The Bertz CT molecular complexity index is 1180. The predicted molar refractivity (Wildman–Crippen MR) is 128 cm³/mol. The van der Waals surface area contributed by atoms with Gasteiger partial charge in [-0.25, -0.2) is 8.42 Å². The molecule has 1 unspecified atom stereocenters. The van der Waals surface area contributed by atoms with Crippen LogP contribution in [0.25, 0.3) is 0 Å². The maximum atomic E-state index is 13.6. The summed E-state index contributed by atoms with van der Waals surface area (Å²) in [5, 5.41) is 0. The molecule has 0 bridgehead atoms. The van der Waals surface area contributed by atoms with Crippen LogP contribution >= 0.6 is 0 Å². The van der Waals surface area contributed by atoms with Crippen LogP contribution in [0.15, 0.2) is 71.6 Å².